The summed E-state index contributed by atoms with van der Waals surface area (Å²) in [6.07, 6.45) is 0.118. The van der Waals surface area contributed by atoms with Gasteiger partial charge in [-0.05, 0) is 17.7 Å². The molecular weight excluding hydrogens is 303 g/mol. The van der Waals surface area contributed by atoms with Crippen LogP contribution in [0.15, 0.2) is 24.3 Å². The number of benzene rings is 1. The van der Waals surface area contributed by atoms with E-state index >= 15 is 0 Å². The number of carbonyl (C=O) groups is 1. The zero-order chi connectivity index (χ0) is 16.2. The summed E-state index contributed by atoms with van der Waals surface area (Å²) < 4.78 is 13.2. The number of aliphatic hydroxyl groups excluding tert-OH is 1. The van der Waals surface area contributed by atoms with Gasteiger partial charge in [0.2, 0.25) is 5.91 Å². The Bertz CT molecular complexity index is 559. The third-order valence-electron chi connectivity index (χ3n) is 4.01. The van der Waals surface area contributed by atoms with Crippen molar-refractivity contribution in [2.24, 2.45) is 0 Å². The SMILES string of the molecule is O=C(NC1CNN(Cc2cccc(F)c2)C1)C1CC(CO)ON1. The molecule has 3 unspecified atom stereocenters. The Morgan fingerprint density at radius 3 is 3.13 bits per heavy atom. The number of hydrogen-bond donors (Lipinski definition) is 4. The van der Waals surface area contributed by atoms with Gasteiger partial charge in [0.15, 0.2) is 0 Å². The van der Waals surface area contributed by atoms with Gasteiger partial charge in [-0.15, -0.1) is 0 Å². The number of hydroxylamine groups is 1. The van der Waals surface area contributed by atoms with Gasteiger partial charge < -0.3 is 10.4 Å². The number of rotatable bonds is 5. The molecule has 0 aromatic heterocycles. The molecule has 3 atom stereocenters. The molecule has 2 heterocycles. The van der Waals surface area contributed by atoms with Crippen LogP contribution in [0.5, 0.6) is 0 Å². The zero-order valence-corrected chi connectivity index (χ0v) is 12.7. The van der Waals surface area contributed by atoms with Crippen LogP contribution in [-0.2, 0) is 16.2 Å². The number of nitrogens with one attached hydrogen (secondary N) is 3. The first-order valence-electron chi connectivity index (χ1n) is 7.69. The normalized spacial score (nSPS) is 28.2. The van der Waals surface area contributed by atoms with Gasteiger partial charge in [0, 0.05) is 26.1 Å². The van der Waals surface area contributed by atoms with E-state index in [1.54, 1.807) is 6.07 Å². The molecule has 0 aliphatic carbocycles. The minimum atomic E-state index is -0.440. The fourth-order valence-electron chi connectivity index (χ4n) is 2.82. The first kappa shape index (κ1) is 16.3. The minimum absolute atomic E-state index is 0.0222. The van der Waals surface area contributed by atoms with Crippen molar-refractivity contribution in [1.82, 2.24) is 21.2 Å². The molecule has 1 amide bonds. The van der Waals surface area contributed by atoms with Gasteiger partial charge in [-0.1, -0.05) is 12.1 Å². The molecule has 3 rings (SSSR count). The largest absolute Gasteiger partial charge is 0.394 e. The highest BCUT2D eigenvalue weighted by molar-refractivity contribution is 5.82. The predicted molar refractivity (Wildman–Crippen MR) is 80.2 cm³/mol. The standard InChI is InChI=1S/C15H21FN4O3/c16-11-3-1-2-10(4-11)7-20-8-12(6-17-20)18-15(22)14-5-13(9-21)23-19-14/h1-4,12-14,17,19,21H,5-9H2,(H,18,22). The van der Waals surface area contributed by atoms with E-state index in [1.165, 1.54) is 12.1 Å². The Labute approximate surface area is 133 Å². The molecule has 4 N–H and O–H groups in total. The lowest BCUT2D eigenvalue weighted by Crippen LogP contribution is -2.46. The molecule has 0 spiro atoms. The van der Waals surface area contributed by atoms with E-state index in [0.717, 1.165) is 5.56 Å². The van der Waals surface area contributed by atoms with E-state index in [2.05, 4.69) is 16.2 Å². The Hall–Kier alpha value is -1.58. The van der Waals surface area contributed by atoms with Crippen LogP contribution in [0.3, 0.4) is 0 Å². The van der Waals surface area contributed by atoms with Gasteiger partial charge in [0.1, 0.15) is 18.0 Å². The van der Waals surface area contributed by atoms with Crippen LogP contribution in [-0.4, -0.2) is 53.9 Å². The average Bonchev–Trinajstić information content (AvgIpc) is 3.16. The van der Waals surface area contributed by atoms with Gasteiger partial charge in [-0.3, -0.25) is 15.1 Å². The summed E-state index contributed by atoms with van der Waals surface area (Å²) >= 11 is 0. The number of halogens is 1. The molecule has 8 heteroatoms. The summed E-state index contributed by atoms with van der Waals surface area (Å²) in [5.41, 5.74) is 6.71. The van der Waals surface area contributed by atoms with Crippen molar-refractivity contribution in [2.45, 2.75) is 31.2 Å². The molecular formula is C15H21FN4O3. The second kappa shape index (κ2) is 7.33. The van der Waals surface area contributed by atoms with Crippen LogP contribution < -0.4 is 16.2 Å². The third-order valence-corrected chi connectivity index (χ3v) is 4.01. The monoisotopic (exact) mass is 324 g/mol. The predicted octanol–water partition coefficient (Wildman–Crippen LogP) is -0.715. The van der Waals surface area contributed by atoms with E-state index < -0.39 is 6.04 Å². The number of nitrogens with zero attached hydrogens (tertiary/aromatic N) is 1. The molecule has 23 heavy (non-hydrogen) atoms. The molecule has 126 valence electrons. The molecule has 2 fully saturated rings. The quantitative estimate of drug-likeness (QED) is 0.572. The Morgan fingerprint density at radius 1 is 1.52 bits per heavy atom. The number of hydrazine groups is 1. The summed E-state index contributed by atoms with van der Waals surface area (Å²) in [4.78, 5) is 17.2. The van der Waals surface area contributed by atoms with Crippen molar-refractivity contribution >= 4 is 5.91 Å². The van der Waals surface area contributed by atoms with Crippen LogP contribution in [0.4, 0.5) is 4.39 Å². The van der Waals surface area contributed by atoms with Gasteiger partial charge >= 0.3 is 0 Å². The number of carbonyl (C=O) groups excluding carboxylic acids is 1. The van der Waals surface area contributed by atoms with Crippen molar-refractivity contribution in [1.29, 1.82) is 0 Å². The molecule has 1 aromatic carbocycles. The second-order valence-corrected chi connectivity index (χ2v) is 5.91. The second-order valence-electron chi connectivity index (χ2n) is 5.91. The van der Waals surface area contributed by atoms with Gasteiger partial charge in [-0.2, -0.15) is 5.48 Å². The highest BCUT2D eigenvalue weighted by Crippen LogP contribution is 2.12. The van der Waals surface area contributed by atoms with Crippen molar-refractivity contribution in [3.63, 3.8) is 0 Å². The van der Waals surface area contributed by atoms with Crippen molar-refractivity contribution < 1.29 is 19.1 Å². The van der Waals surface area contributed by atoms with Crippen molar-refractivity contribution in [3.8, 4) is 0 Å². The van der Waals surface area contributed by atoms with Crippen molar-refractivity contribution in [2.75, 3.05) is 19.7 Å². The van der Waals surface area contributed by atoms with Gasteiger partial charge in [0.25, 0.3) is 0 Å². The number of amides is 1. The van der Waals surface area contributed by atoms with Crippen molar-refractivity contribution in [3.05, 3.63) is 35.6 Å². The van der Waals surface area contributed by atoms with E-state index in [4.69, 9.17) is 9.94 Å². The smallest absolute Gasteiger partial charge is 0.239 e. The van der Waals surface area contributed by atoms with Crippen LogP contribution in [0.1, 0.15) is 12.0 Å². The summed E-state index contributed by atoms with van der Waals surface area (Å²) in [6, 6.07) is 6.01. The molecule has 7 nitrogen and oxygen atoms in total. The summed E-state index contributed by atoms with van der Waals surface area (Å²) in [5.74, 6) is -0.391. The summed E-state index contributed by atoms with van der Waals surface area (Å²) in [6.45, 7) is 1.72. The lowest BCUT2D eigenvalue weighted by atomic mass is 10.1. The highest BCUT2D eigenvalue weighted by atomic mass is 19.1. The van der Waals surface area contributed by atoms with Crippen LogP contribution in [0, 0.1) is 5.82 Å². The summed E-state index contributed by atoms with van der Waals surface area (Å²) in [7, 11) is 0. The zero-order valence-electron chi connectivity index (χ0n) is 12.7. The van der Waals surface area contributed by atoms with Gasteiger partial charge in [0.05, 0.1) is 12.6 Å². The average molecular weight is 324 g/mol. The number of hydrogen-bond acceptors (Lipinski definition) is 6. The van der Waals surface area contributed by atoms with E-state index in [0.29, 0.717) is 26.1 Å². The maximum Gasteiger partial charge on any atom is 0.239 e. The van der Waals surface area contributed by atoms with E-state index in [1.807, 2.05) is 11.1 Å². The molecule has 2 aliphatic rings. The topological polar surface area (TPSA) is 85.9 Å². The number of aliphatic hydroxyl groups is 1. The maximum absolute atomic E-state index is 13.2. The van der Waals surface area contributed by atoms with E-state index in [-0.39, 0.29) is 30.5 Å². The lowest BCUT2D eigenvalue weighted by Gasteiger charge is -2.17. The lowest BCUT2D eigenvalue weighted by molar-refractivity contribution is -0.125. The molecule has 0 bridgehead atoms. The third kappa shape index (κ3) is 4.24. The minimum Gasteiger partial charge on any atom is -0.394 e. The fraction of sp³-hybridized carbons (Fsp3) is 0.533. The Balaban J connectivity index is 1.45. The molecule has 2 saturated heterocycles. The molecule has 2 aliphatic heterocycles. The van der Waals surface area contributed by atoms with Crippen LogP contribution in [0.2, 0.25) is 0 Å². The molecule has 1 aromatic rings. The molecule has 0 saturated carbocycles. The first-order valence-corrected chi connectivity index (χ1v) is 7.69. The van der Waals surface area contributed by atoms with E-state index in [9.17, 15) is 9.18 Å². The fourth-order valence-corrected chi connectivity index (χ4v) is 2.82. The van der Waals surface area contributed by atoms with Gasteiger partial charge in [-0.25, -0.2) is 9.40 Å². The first-order chi connectivity index (χ1) is 11.1. The molecule has 0 radical (unpaired) electrons. The Morgan fingerprint density at radius 2 is 2.39 bits per heavy atom. The Kier molecular flexibility index (Phi) is 5.19. The maximum atomic E-state index is 13.2. The van der Waals surface area contributed by atoms with Crippen LogP contribution in [0.25, 0.3) is 0 Å². The van der Waals surface area contributed by atoms with Crippen LogP contribution >= 0.6 is 0 Å². The summed E-state index contributed by atoms with van der Waals surface area (Å²) in [5, 5.41) is 13.9. The highest BCUT2D eigenvalue weighted by Gasteiger charge is 2.32.